The largest absolute Gasteiger partial charge is 0.236 e. The molecule has 0 amide bonds. The first-order valence-electron chi connectivity index (χ1n) is 8.93. The monoisotopic (exact) mass is 363 g/mol. The van der Waals surface area contributed by atoms with Crippen molar-refractivity contribution >= 4 is 0 Å². The SMILES string of the molecule is CCCCCc1ccc(-c2cnc(-c3ccc(C#N)c(F)c3)nc2)c(F)c1. The quantitative estimate of drug-likeness (QED) is 0.528. The van der Waals surface area contributed by atoms with Gasteiger partial charge in [0.25, 0.3) is 0 Å². The van der Waals surface area contributed by atoms with E-state index in [0.29, 0.717) is 22.5 Å². The zero-order valence-corrected chi connectivity index (χ0v) is 15.0. The van der Waals surface area contributed by atoms with Crippen molar-refractivity contribution in [3.63, 3.8) is 0 Å². The number of nitriles is 1. The maximum atomic E-state index is 14.5. The predicted octanol–water partition coefficient (Wildman–Crippen LogP) is 5.69. The summed E-state index contributed by atoms with van der Waals surface area (Å²) in [5.41, 5.74) is 2.41. The summed E-state index contributed by atoms with van der Waals surface area (Å²) in [6.45, 7) is 2.14. The van der Waals surface area contributed by atoms with Crippen LogP contribution in [-0.4, -0.2) is 9.97 Å². The standard InChI is InChI=1S/C22H19F2N3/c1-2-3-4-5-15-6-9-19(21(24)10-15)18-13-26-22(27-14-18)16-7-8-17(12-25)20(23)11-16/h6-11,13-14H,2-5H2,1H3. The number of hydrogen-bond acceptors (Lipinski definition) is 3. The first-order valence-corrected chi connectivity index (χ1v) is 8.93. The van der Waals surface area contributed by atoms with Gasteiger partial charge in [0.1, 0.15) is 17.7 Å². The van der Waals surface area contributed by atoms with Crippen molar-refractivity contribution in [2.75, 3.05) is 0 Å². The molecular formula is C22H19F2N3. The third kappa shape index (κ3) is 4.35. The van der Waals surface area contributed by atoms with E-state index in [1.54, 1.807) is 24.3 Å². The fourth-order valence-corrected chi connectivity index (χ4v) is 2.89. The second kappa shape index (κ2) is 8.50. The van der Waals surface area contributed by atoms with E-state index >= 15 is 0 Å². The minimum Gasteiger partial charge on any atom is -0.236 e. The van der Waals surface area contributed by atoms with Gasteiger partial charge in [-0.3, -0.25) is 0 Å². The van der Waals surface area contributed by atoms with Gasteiger partial charge in [0.15, 0.2) is 5.82 Å². The van der Waals surface area contributed by atoms with Crippen molar-refractivity contribution in [2.24, 2.45) is 0 Å². The Hall–Kier alpha value is -3.13. The summed E-state index contributed by atoms with van der Waals surface area (Å²) >= 11 is 0. The highest BCUT2D eigenvalue weighted by Gasteiger charge is 2.10. The van der Waals surface area contributed by atoms with E-state index < -0.39 is 5.82 Å². The van der Waals surface area contributed by atoms with Gasteiger partial charge >= 0.3 is 0 Å². The summed E-state index contributed by atoms with van der Waals surface area (Å²) in [4.78, 5) is 8.44. The molecule has 27 heavy (non-hydrogen) atoms. The van der Waals surface area contributed by atoms with Gasteiger partial charge < -0.3 is 0 Å². The molecule has 0 aliphatic heterocycles. The van der Waals surface area contributed by atoms with Crippen molar-refractivity contribution in [2.45, 2.75) is 32.6 Å². The van der Waals surface area contributed by atoms with Crippen LogP contribution < -0.4 is 0 Å². The molecule has 3 aromatic rings. The van der Waals surface area contributed by atoms with Crippen LogP contribution >= 0.6 is 0 Å². The second-order valence-corrected chi connectivity index (χ2v) is 6.37. The van der Waals surface area contributed by atoms with Crippen molar-refractivity contribution in [3.8, 4) is 28.6 Å². The van der Waals surface area contributed by atoms with E-state index in [4.69, 9.17) is 5.26 Å². The molecule has 0 atom stereocenters. The molecule has 3 rings (SSSR count). The Morgan fingerprint density at radius 2 is 1.70 bits per heavy atom. The van der Waals surface area contributed by atoms with Crippen LogP contribution in [0.15, 0.2) is 48.8 Å². The average Bonchev–Trinajstić information content (AvgIpc) is 2.68. The zero-order valence-electron chi connectivity index (χ0n) is 15.0. The molecule has 0 radical (unpaired) electrons. The molecule has 2 aromatic carbocycles. The first-order chi connectivity index (χ1) is 13.1. The molecule has 136 valence electrons. The summed E-state index contributed by atoms with van der Waals surface area (Å²) in [6.07, 6.45) is 7.22. The van der Waals surface area contributed by atoms with E-state index in [2.05, 4.69) is 16.9 Å². The van der Waals surface area contributed by atoms with E-state index in [0.717, 1.165) is 31.2 Å². The molecule has 1 heterocycles. The van der Waals surface area contributed by atoms with Gasteiger partial charge in [0, 0.05) is 29.1 Å². The number of hydrogen-bond donors (Lipinski definition) is 0. The van der Waals surface area contributed by atoms with Gasteiger partial charge in [-0.05, 0) is 42.7 Å². The number of halogens is 2. The Morgan fingerprint density at radius 3 is 2.33 bits per heavy atom. The molecule has 0 fully saturated rings. The summed E-state index contributed by atoms with van der Waals surface area (Å²) in [5.74, 6) is -0.601. The summed E-state index contributed by atoms with van der Waals surface area (Å²) in [5, 5.41) is 8.79. The third-order valence-electron chi connectivity index (χ3n) is 4.41. The van der Waals surface area contributed by atoms with Crippen LogP contribution in [0.25, 0.3) is 22.5 Å². The highest BCUT2D eigenvalue weighted by Crippen LogP contribution is 2.25. The number of aryl methyl sites for hydroxylation is 1. The molecule has 0 bridgehead atoms. The molecule has 0 saturated carbocycles. The number of unbranched alkanes of at least 4 members (excludes halogenated alkanes) is 2. The zero-order chi connectivity index (χ0) is 19.2. The van der Waals surface area contributed by atoms with Gasteiger partial charge in [0.2, 0.25) is 0 Å². The summed E-state index contributed by atoms with van der Waals surface area (Å²) in [7, 11) is 0. The molecule has 3 nitrogen and oxygen atoms in total. The molecular weight excluding hydrogens is 344 g/mol. The average molecular weight is 363 g/mol. The summed E-state index contributed by atoms with van der Waals surface area (Å²) in [6, 6.07) is 11.2. The Morgan fingerprint density at radius 1 is 0.926 bits per heavy atom. The maximum absolute atomic E-state index is 14.5. The third-order valence-corrected chi connectivity index (χ3v) is 4.41. The predicted molar refractivity (Wildman–Crippen MR) is 101 cm³/mol. The fourth-order valence-electron chi connectivity index (χ4n) is 2.89. The van der Waals surface area contributed by atoms with Crippen molar-refractivity contribution in [1.29, 1.82) is 5.26 Å². The van der Waals surface area contributed by atoms with Crippen molar-refractivity contribution in [1.82, 2.24) is 9.97 Å². The van der Waals surface area contributed by atoms with Crippen LogP contribution in [-0.2, 0) is 6.42 Å². The molecule has 0 spiro atoms. The first kappa shape index (κ1) is 18.7. The van der Waals surface area contributed by atoms with Crippen LogP contribution in [0.5, 0.6) is 0 Å². The van der Waals surface area contributed by atoms with Gasteiger partial charge in [-0.1, -0.05) is 31.9 Å². The van der Waals surface area contributed by atoms with Crippen LogP contribution in [0, 0.1) is 23.0 Å². The molecule has 0 N–H and O–H groups in total. The lowest BCUT2D eigenvalue weighted by atomic mass is 10.0. The highest BCUT2D eigenvalue weighted by molar-refractivity contribution is 5.65. The lowest BCUT2D eigenvalue weighted by molar-refractivity contribution is 0.624. The Labute approximate surface area is 157 Å². The molecule has 0 aliphatic carbocycles. The lowest BCUT2D eigenvalue weighted by Crippen LogP contribution is -1.94. The Bertz CT molecular complexity index is 976. The minimum absolute atomic E-state index is 0.0310. The normalized spacial score (nSPS) is 10.6. The topological polar surface area (TPSA) is 49.6 Å². The van der Waals surface area contributed by atoms with E-state index in [-0.39, 0.29) is 11.4 Å². The maximum Gasteiger partial charge on any atom is 0.159 e. The van der Waals surface area contributed by atoms with Gasteiger partial charge in [-0.15, -0.1) is 0 Å². The van der Waals surface area contributed by atoms with Gasteiger partial charge in [-0.25, -0.2) is 18.7 Å². The number of nitrogens with zero attached hydrogens (tertiary/aromatic N) is 3. The van der Waals surface area contributed by atoms with E-state index in [1.165, 1.54) is 24.5 Å². The number of rotatable bonds is 6. The Balaban J connectivity index is 1.81. The fraction of sp³-hybridized carbons (Fsp3) is 0.227. The molecule has 0 saturated heterocycles. The van der Waals surface area contributed by atoms with E-state index in [1.807, 2.05) is 6.07 Å². The van der Waals surface area contributed by atoms with Crippen LogP contribution in [0.3, 0.4) is 0 Å². The number of aromatic nitrogens is 2. The van der Waals surface area contributed by atoms with Crippen LogP contribution in [0.2, 0.25) is 0 Å². The molecule has 0 aliphatic rings. The van der Waals surface area contributed by atoms with Crippen molar-refractivity contribution in [3.05, 3.63) is 71.6 Å². The van der Waals surface area contributed by atoms with E-state index in [9.17, 15) is 8.78 Å². The van der Waals surface area contributed by atoms with Gasteiger partial charge in [0.05, 0.1) is 5.56 Å². The number of benzene rings is 2. The lowest BCUT2D eigenvalue weighted by Gasteiger charge is -2.07. The molecule has 0 unspecified atom stereocenters. The minimum atomic E-state index is -0.618. The van der Waals surface area contributed by atoms with Crippen LogP contribution in [0.1, 0.15) is 37.3 Å². The van der Waals surface area contributed by atoms with Crippen molar-refractivity contribution < 1.29 is 8.78 Å². The molecule has 1 aromatic heterocycles. The highest BCUT2D eigenvalue weighted by atomic mass is 19.1. The molecule has 5 heteroatoms. The Kier molecular flexibility index (Phi) is 5.87. The van der Waals surface area contributed by atoms with Gasteiger partial charge in [-0.2, -0.15) is 5.26 Å². The summed E-state index contributed by atoms with van der Waals surface area (Å²) < 4.78 is 28.2. The second-order valence-electron chi connectivity index (χ2n) is 6.37. The van der Waals surface area contributed by atoms with Crippen LogP contribution in [0.4, 0.5) is 8.78 Å². The smallest absolute Gasteiger partial charge is 0.159 e.